The number of aliphatic hydroxyl groups excluding tert-OH is 1. The van der Waals surface area contributed by atoms with Gasteiger partial charge >= 0.3 is 0 Å². The van der Waals surface area contributed by atoms with Crippen LogP contribution in [0.5, 0.6) is 28.7 Å². The molecule has 8 nitrogen and oxygen atoms in total. The van der Waals surface area contributed by atoms with Gasteiger partial charge in [-0.05, 0) is 18.2 Å². The zero-order valence-corrected chi connectivity index (χ0v) is 17.3. The van der Waals surface area contributed by atoms with Gasteiger partial charge in [-0.15, -0.1) is 0 Å². The summed E-state index contributed by atoms with van der Waals surface area (Å²) in [6.07, 6.45) is 0.364. The van der Waals surface area contributed by atoms with E-state index in [2.05, 4.69) is 0 Å². The molecule has 0 saturated heterocycles. The van der Waals surface area contributed by atoms with Crippen LogP contribution in [0.4, 0.5) is 0 Å². The highest BCUT2D eigenvalue weighted by molar-refractivity contribution is 5.88. The average Bonchev–Trinajstić information content (AvgIpc) is 2.78. The normalized spacial score (nSPS) is 10.7. The standard InChI is InChI=1S/C22H24O8/c1-25-14-11-17(28-4)19-18(12-14)30-21(22(20(19)24)29-9-5-8-23)13-6-7-15(26-2)16(10-13)27-3/h6-7,10-12,23H,5,8-9H2,1-4H3. The minimum Gasteiger partial charge on any atom is -0.496 e. The summed E-state index contributed by atoms with van der Waals surface area (Å²) in [5, 5.41) is 9.33. The number of rotatable bonds is 9. The molecular formula is C22H24O8. The van der Waals surface area contributed by atoms with Crippen molar-refractivity contribution in [2.45, 2.75) is 6.42 Å². The van der Waals surface area contributed by atoms with Crippen LogP contribution in [-0.2, 0) is 0 Å². The summed E-state index contributed by atoms with van der Waals surface area (Å²) in [5.41, 5.74) is 0.460. The lowest BCUT2D eigenvalue weighted by molar-refractivity contribution is 0.231. The third-order valence-electron chi connectivity index (χ3n) is 4.54. The molecule has 0 aliphatic rings. The molecule has 0 bridgehead atoms. The third kappa shape index (κ3) is 3.99. The lowest BCUT2D eigenvalue weighted by atomic mass is 10.1. The van der Waals surface area contributed by atoms with E-state index in [1.165, 1.54) is 28.4 Å². The zero-order valence-electron chi connectivity index (χ0n) is 17.3. The fourth-order valence-corrected chi connectivity index (χ4v) is 3.06. The van der Waals surface area contributed by atoms with E-state index in [9.17, 15) is 4.79 Å². The summed E-state index contributed by atoms with van der Waals surface area (Å²) in [7, 11) is 6.03. The Balaban J connectivity index is 2.30. The summed E-state index contributed by atoms with van der Waals surface area (Å²) in [5.74, 6) is 2.05. The molecule has 0 saturated carbocycles. The molecular weight excluding hydrogens is 392 g/mol. The fourth-order valence-electron chi connectivity index (χ4n) is 3.06. The van der Waals surface area contributed by atoms with E-state index < -0.39 is 5.43 Å². The van der Waals surface area contributed by atoms with Crippen LogP contribution >= 0.6 is 0 Å². The molecule has 2 aromatic carbocycles. The van der Waals surface area contributed by atoms with E-state index in [4.69, 9.17) is 33.2 Å². The maximum Gasteiger partial charge on any atom is 0.239 e. The maximum atomic E-state index is 13.3. The van der Waals surface area contributed by atoms with Crippen molar-refractivity contribution in [2.75, 3.05) is 41.7 Å². The Morgan fingerprint density at radius 3 is 2.27 bits per heavy atom. The number of benzene rings is 2. The Kier molecular flexibility index (Phi) is 6.68. The summed E-state index contributed by atoms with van der Waals surface area (Å²) in [4.78, 5) is 13.3. The topological polar surface area (TPSA) is 96.6 Å². The summed E-state index contributed by atoms with van der Waals surface area (Å²) >= 11 is 0. The Labute approximate surface area is 173 Å². The summed E-state index contributed by atoms with van der Waals surface area (Å²) < 4.78 is 33.1. The molecule has 30 heavy (non-hydrogen) atoms. The Bertz CT molecular complexity index is 1090. The summed E-state index contributed by atoms with van der Waals surface area (Å²) in [6.45, 7) is 0.0800. The largest absolute Gasteiger partial charge is 0.496 e. The van der Waals surface area contributed by atoms with Crippen molar-refractivity contribution in [3.8, 4) is 40.1 Å². The highest BCUT2D eigenvalue weighted by Crippen LogP contribution is 2.39. The third-order valence-corrected chi connectivity index (χ3v) is 4.54. The van der Waals surface area contributed by atoms with Gasteiger partial charge in [0.15, 0.2) is 17.3 Å². The average molecular weight is 416 g/mol. The van der Waals surface area contributed by atoms with Crippen molar-refractivity contribution in [2.24, 2.45) is 0 Å². The second-order valence-electron chi connectivity index (χ2n) is 6.29. The first kappa shape index (κ1) is 21.3. The second-order valence-corrected chi connectivity index (χ2v) is 6.29. The second kappa shape index (κ2) is 9.41. The number of hydrogen-bond donors (Lipinski definition) is 1. The van der Waals surface area contributed by atoms with Gasteiger partial charge in [0.1, 0.15) is 22.5 Å². The van der Waals surface area contributed by atoms with E-state index in [0.29, 0.717) is 35.0 Å². The predicted octanol–water partition coefficient (Wildman–Crippen LogP) is 3.26. The maximum absolute atomic E-state index is 13.3. The van der Waals surface area contributed by atoms with Crippen LogP contribution in [0.3, 0.4) is 0 Å². The molecule has 0 unspecified atom stereocenters. The molecule has 1 N–H and O–H groups in total. The molecule has 0 atom stereocenters. The van der Waals surface area contributed by atoms with Gasteiger partial charge in [0, 0.05) is 30.7 Å². The monoisotopic (exact) mass is 416 g/mol. The van der Waals surface area contributed by atoms with Crippen molar-refractivity contribution in [1.29, 1.82) is 0 Å². The molecule has 0 fully saturated rings. The molecule has 1 aromatic heterocycles. The SMILES string of the molecule is COc1cc(OC)c2c(=O)c(OCCCO)c(-c3ccc(OC)c(OC)c3)oc2c1. The van der Waals surface area contributed by atoms with Crippen LogP contribution in [0.2, 0.25) is 0 Å². The van der Waals surface area contributed by atoms with Crippen LogP contribution in [0, 0.1) is 0 Å². The Hall–Kier alpha value is -3.39. The lowest BCUT2D eigenvalue weighted by Gasteiger charge is -2.15. The smallest absolute Gasteiger partial charge is 0.239 e. The fraction of sp³-hybridized carbons (Fsp3) is 0.318. The van der Waals surface area contributed by atoms with Crippen LogP contribution in [0.25, 0.3) is 22.3 Å². The van der Waals surface area contributed by atoms with Crippen LogP contribution < -0.4 is 29.1 Å². The molecule has 8 heteroatoms. The van der Waals surface area contributed by atoms with Gasteiger partial charge in [0.2, 0.25) is 11.2 Å². The quantitative estimate of drug-likeness (QED) is 0.531. The highest BCUT2D eigenvalue weighted by Gasteiger charge is 2.22. The van der Waals surface area contributed by atoms with Crippen molar-refractivity contribution >= 4 is 11.0 Å². The molecule has 0 amide bonds. The van der Waals surface area contributed by atoms with Gasteiger partial charge in [0.25, 0.3) is 0 Å². The van der Waals surface area contributed by atoms with Gasteiger partial charge in [0.05, 0.1) is 35.0 Å². The van der Waals surface area contributed by atoms with Crippen molar-refractivity contribution in [1.82, 2.24) is 0 Å². The molecule has 160 valence electrons. The van der Waals surface area contributed by atoms with Gasteiger partial charge in [-0.25, -0.2) is 0 Å². The minimum atomic E-state index is -0.390. The molecule has 0 aliphatic heterocycles. The Morgan fingerprint density at radius 2 is 1.63 bits per heavy atom. The first-order valence-electron chi connectivity index (χ1n) is 9.26. The van der Waals surface area contributed by atoms with Crippen LogP contribution in [-0.4, -0.2) is 46.8 Å². The van der Waals surface area contributed by atoms with Crippen molar-refractivity contribution < 1.29 is 33.2 Å². The number of aliphatic hydroxyl groups is 1. The molecule has 3 rings (SSSR count). The van der Waals surface area contributed by atoms with E-state index in [1.807, 2.05) is 0 Å². The predicted molar refractivity (Wildman–Crippen MR) is 111 cm³/mol. The number of ether oxygens (including phenoxy) is 5. The van der Waals surface area contributed by atoms with Gasteiger partial charge in [-0.2, -0.15) is 0 Å². The molecule has 3 aromatic rings. The highest BCUT2D eigenvalue weighted by atomic mass is 16.5. The van der Waals surface area contributed by atoms with E-state index in [0.717, 1.165) is 0 Å². The number of fused-ring (bicyclic) bond motifs is 1. The molecule has 0 spiro atoms. The minimum absolute atomic E-state index is 0.0200. The van der Waals surface area contributed by atoms with Crippen molar-refractivity contribution in [3.05, 3.63) is 40.6 Å². The first-order valence-corrected chi connectivity index (χ1v) is 9.26. The summed E-state index contributed by atoms with van der Waals surface area (Å²) in [6, 6.07) is 8.36. The molecule has 1 heterocycles. The van der Waals surface area contributed by atoms with Crippen molar-refractivity contribution in [3.63, 3.8) is 0 Å². The van der Waals surface area contributed by atoms with Gasteiger partial charge in [-0.3, -0.25) is 4.79 Å². The van der Waals surface area contributed by atoms with Crippen LogP contribution in [0.15, 0.2) is 39.5 Å². The zero-order chi connectivity index (χ0) is 21.7. The first-order chi connectivity index (χ1) is 14.6. The van der Waals surface area contributed by atoms with Crippen LogP contribution in [0.1, 0.15) is 6.42 Å². The lowest BCUT2D eigenvalue weighted by Crippen LogP contribution is -2.12. The van der Waals surface area contributed by atoms with E-state index in [-0.39, 0.29) is 35.7 Å². The molecule has 0 aliphatic carbocycles. The van der Waals surface area contributed by atoms with E-state index >= 15 is 0 Å². The van der Waals surface area contributed by atoms with E-state index in [1.54, 1.807) is 30.3 Å². The number of hydrogen-bond acceptors (Lipinski definition) is 8. The van der Waals surface area contributed by atoms with Gasteiger partial charge < -0.3 is 33.2 Å². The Morgan fingerprint density at radius 1 is 0.900 bits per heavy atom. The molecule has 0 radical (unpaired) electrons. The van der Waals surface area contributed by atoms with Gasteiger partial charge in [-0.1, -0.05) is 0 Å². The number of methoxy groups -OCH3 is 4.